The lowest BCUT2D eigenvalue weighted by atomic mass is 9.47. The fourth-order valence-electron chi connectivity index (χ4n) is 6.81. The molecule has 3 heteroatoms. The molecule has 0 aromatic carbocycles. The van der Waals surface area contributed by atoms with Crippen molar-refractivity contribution in [2.24, 2.45) is 28.6 Å². The van der Waals surface area contributed by atoms with Crippen LogP contribution in [0.25, 0.3) is 0 Å². The summed E-state index contributed by atoms with van der Waals surface area (Å²) in [5, 5.41) is 30.9. The van der Waals surface area contributed by atoms with Crippen LogP contribution in [0.5, 0.6) is 0 Å². The van der Waals surface area contributed by atoms with Crippen molar-refractivity contribution >= 4 is 0 Å². The van der Waals surface area contributed by atoms with E-state index in [1.165, 1.54) is 6.42 Å². The van der Waals surface area contributed by atoms with Crippen LogP contribution in [0, 0.1) is 28.6 Å². The van der Waals surface area contributed by atoms with Gasteiger partial charge in [-0.05, 0) is 85.5 Å². The van der Waals surface area contributed by atoms with Crippen molar-refractivity contribution < 1.29 is 15.3 Å². The van der Waals surface area contributed by atoms with Gasteiger partial charge >= 0.3 is 0 Å². The van der Waals surface area contributed by atoms with Crippen molar-refractivity contribution in [2.45, 2.75) is 77.4 Å². The molecule has 0 amide bonds. The molecule has 0 aliphatic heterocycles. The molecule has 3 N–H and O–H groups in total. The van der Waals surface area contributed by atoms with Crippen molar-refractivity contribution in [3.8, 4) is 0 Å². The van der Waals surface area contributed by atoms with E-state index >= 15 is 0 Å². The van der Waals surface area contributed by atoms with Crippen molar-refractivity contribution in [2.75, 3.05) is 0 Å². The molecule has 0 spiro atoms. The van der Waals surface area contributed by atoms with Gasteiger partial charge in [0.15, 0.2) is 0 Å². The van der Waals surface area contributed by atoms with Gasteiger partial charge < -0.3 is 15.3 Å². The maximum atomic E-state index is 10.5. The maximum Gasteiger partial charge on any atom is 0.120 e. The molecule has 3 fully saturated rings. The summed E-state index contributed by atoms with van der Waals surface area (Å²) in [6.45, 7) is 4.64. The van der Waals surface area contributed by atoms with Crippen LogP contribution in [-0.4, -0.2) is 27.5 Å². The van der Waals surface area contributed by atoms with Gasteiger partial charge in [-0.25, -0.2) is 0 Å². The number of allylic oxidation sites excluding steroid dienone is 1. The number of fused-ring (bicyclic) bond motifs is 5. The molecular formula is C19H30O3. The smallest absolute Gasteiger partial charge is 0.120 e. The number of aliphatic hydroxyl groups is 3. The van der Waals surface area contributed by atoms with Gasteiger partial charge in [0.05, 0.1) is 6.10 Å². The zero-order valence-corrected chi connectivity index (χ0v) is 13.9. The average Bonchev–Trinajstić information content (AvgIpc) is 2.79. The summed E-state index contributed by atoms with van der Waals surface area (Å²) in [5.41, 5.74) is 1.34. The minimum absolute atomic E-state index is 0.0705. The molecule has 0 bridgehead atoms. The Labute approximate surface area is 133 Å². The highest BCUT2D eigenvalue weighted by Gasteiger charge is 2.59. The van der Waals surface area contributed by atoms with E-state index in [0.717, 1.165) is 44.1 Å². The predicted molar refractivity (Wildman–Crippen MR) is 85.3 cm³/mol. The fourth-order valence-corrected chi connectivity index (χ4v) is 6.81. The van der Waals surface area contributed by atoms with Gasteiger partial charge in [-0.2, -0.15) is 0 Å². The first-order valence-electron chi connectivity index (χ1n) is 9.16. The molecule has 3 nitrogen and oxygen atoms in total. The quantitative estimate of drug-likeness (QED) is 0.641. The number of aliphatic hydroxyl groups excluding tert-OH is 3. The topological polar surface area (TPSA) is 60.7 Å². The Morgan fingerprint density at radius 2 is 1.68 bits per heavy atom. The molecule has 0 saturated heterocycles. The predicted octanol–water partition coefficient (Wildman–Crippen LogP) is 3.56. The molecular weight excluding hydrogens is 276 g/mol. The molecule has 3 saturated carbocycles. The lowest BCUT2D eigenvalue weighted by Gasteiger charge is -2.58. The Morgan fingerprint density at radius 3 is 2.45 bits per heavy atom. The highest BCUT2D eigenvalue weighted by Crippen LogP contribution is 2.65. The van der Waals surface area contributed by atoms with Crippen LogP contribution < -0.4 is 0 Å². The lowest BCUT2D eigenvalue weighted by Crippen LogP contribution is -2.52. The lowest BCUT2D eigenvalue weighted by molar-refractivity contribution is -0.0799. The Bertz CT molecular complexity index is 513. The Morgan fingerprint density at radius 1 is 0.909 bits per heavy atom. The van der Waals surface area contributed by atoms with Crippen molar-refractivity contribution in [3.05, 3.63) is 11.3 Å². The summed E-state index contributed by atoms with van der Waals surface area (Å²) in [4.78, 5) is 0. The fraction of sp³-hybridized carbons (Fsp3) is 0.895. The molecule has 0 radical (unpaired) electrons. The van der Waals surface area contributed by atoms with Crippen LogP contribution >= 0.6 is 0 Å². The van der Waals surface area contributed by atoms with E-state index < -0.39 is 6.10 Å². The molecule has 22 heavy (non-hydrogen) atoms. The van der Waals surface area contributed by atoms with Crippen molar-refractivity contribution in [1.82, 2.24) is 0 Å². The van der Waals surface area contributed by atoms with Gasteiger partial charge in [0.1, 0.15) is 11.9 Å². The summed E-state index contributed by atoms with van der Waals surface area (Å²) in [5.74, 6) is 2.24. The summed E-state index contributed by atoms with van der Waals surface area (Å²) in [6, 6.07) is 0. The molecule has 0 heterocycles. The normalized spacial score (nSPS) is 54.6. The minimum Gasteiger partial charge on any atom is -0.510 e. The monoisotopic (exact) mass is 306 g/mol. The third kappa shape index (κ3) is 1.76. The number of hydrogen-bond donors (Lipinski definition) is 3. The third-order valence-electron chi connectivity index (χ3n) is 8.18. The zero-order chi connectivity index (χ0) is 15.7. The molecule has 4 aliphatic carbocycles. The highest BCUT2D eigenvalue weighted by molar-refractivity contribution is 5.28. The van der Waals surface area contributed by atoms with Gasteiger partial charge in [-0.15, -0.1) is 0 Å². The van der Waals surface area contributed by atoms with E-state index in [2.05, 4.69) is 13.8 Å². The summed E-state index contributed by atoms with van der Waals surface area (Å²) in [7, 11) is 0. The van der Waals surface area contributed by atoms with Gasteiger partial charge in [0, 0.05) is 0 Å². The molecule has 0 aromatic rings. The molecule has 0 unspecified atom stereocenters. The van der Waals surface area contributed by atoms with Crippen LogP contribution in [0.3, 0.4) is 0 Å². The average molecular weight is 306 g/mol. The van der Waals surface area contributed by atoms with Gasteiger partial charge in [0.2, 0.25) is 0 Å². The van der Waals surface area contributed by atoms with Crippen LogP contribution in [0.15, 0.2) is 11.3 Å². The molecule has 0 aromatic heterocycles. The van der Waals surface area contributed by atoms with Crippen LogP contribution in [-0.2, 0) is 0 Å². The van der Waals surface area contributed by atoms with Crippen LogP contribution in [0.2, 0.25) is 0 Å². The molecule has 124 valence electrons. The summed E-state index contributed by atoms with van der Waals surface area (Å²) < 4.78 is 0. The standard InChI is InChI=1S/C19H30O3/c1-18-10-8-15(20)17(22)14(18)4-3-11-12-5-6-16(21)19(12,2)9-7-13(11)18/h11-13,15-16,20-22H,3-10H2,1-2H3/t11-,12-,13-,15-,16-,18+,19-/m0/s1. The summed E-state index contributed by atoms with van der Waals surface area (Å²) in [6.07, 6.45) is 7.41. The number of hydrogen-bond acceptors (Lipinski definition) is 3. The Hall–Kier alpha value is -0.540. The number of rotatable bonds is 0. The van der Waals surface area contributed by atoms with Crippen molar-refractivity contribution in [3.63, 3.8) is 0 Å². The Kier molecular flexibility index (Phi) is 3.23. The zero-order valence-electron chi connectivity index (χ0n) is 13.9. The van der Waals surface area contributed by atoms with Gasteiger partial charge in [0.25, 0.3) is 0 Å². The molecule has 4 aliphatic rings. The maximum absolute atomic E-state index is 10.5. The third-order valence-corrected chi connectivity index (χ3v) is 8.18. The van der Waals surface area contributed by atoms with E-state index in [4.69, 9.17) is 0 Å². The van der Waals surface area contributed by atoms with Crippen LogP contribution in [0.1, 0.15) is 65.2 Å². The second-order valence-electron chi connectivity index (χ2n) is 8.89. The minimum atomic E-state index is -0.637. The first kappa shape index (κ1) is 15.0. The SMILES string of the molecule is C[C@]12CC[C@H]3[C@@H](CCC4=C(O)[C@@H](O)CC[C@@]43C)[C@@H]1CC[C@@H]2O. The van der Waals surface area contributed by atoms with E-state index in [-0.39, 0.29) is 22.7 Å². The summed E-state index contributed by atoms with van der Waals surface area (Å²) >= 11 is 0. The first-order valence-corrected chi connectivity index (χ1v) is 9.16. The second-order valence-corrected chi connectivity index (χ2v) is 8.89. The van der Waals surface area contributed by atoms with Gasteiger partial charge in [-0.3, -0.25) is 0 Å². The van der Waals surface area contributed by atoms with E-state index in [1.54, 1.807) is 0 Å². The molecule has 7 atom stereocenters. The molecule has 4 rings (SSSR count). The van der Waals surface area contributed by atoms with E-state index in [0.29, 0.717) is 24.2 Å². The Balaban J connectivity index is 1.70. The highest BCUT2D eigenvalue weighted by atomic mass is 16.3. The first-order chi connectivity index (χ1) is 10.4. The van der Waals surface area contributed by atoms with Gasteiger partial charge in [-0.1, -0.05) is 13.8 Å². The van der Waals surface area contributed by atoms with Crippen LogP contribution in [0.4, 0.5) is 0 Å². The second kappa shape index (κ2) is 4.73. The van der Waals surface area contributed by atoms with E-state index in [9.17, 15) is 15.3 Å². The largest absolute Gasteiger partial charge is 0.510 e. The van der Waals surface area contributed by atoms with Crippen molar-refractivity contribution in [1.29, 1.82) is 0 Å². The van der Waals surface area contributed by atoms with E-state index in [1.807, 2.05) is 0 Å².